The molecular formula is C11H13NO4S. The second kappa shape index (κ2) is 4.37. The van der Waals surface area contributed by atoms with Gasteiger partial charge in [0.1, 0.15) is 4.90 Å². The van der Waals surface area contributed by atoms with Crippen LogP contribution in [0.3, 0.4) is 0 Å². The van der Waals surface area contributed by atoms with Gasteiger partial charge in [-0.1, -0.05) is 6.07 Å². The first kappa shape index (κ1) is 11.9. The van der Waals surface area contributed by atoms with Gasteiger partial charge in [0, 0.05) is 6.54 Å². The number of esters is 1. The topological polar surface area (TPSA) is 72.5 Å². The van der Waals surface area contributed by atoms with Gasteiger partial charge in [-0.2, -0.15) is 0 Å². The first-order valence-electron chi connectivity index (χ1n) is 5.24. The molecule has 0 saturated heterocycles. The van der Waals surface area contributed by atoms with E-state index in [1.165, 1.54) is 13.2 Å². The summed E-state index contributed by atoms with van der Waals surface area (Å²) in [6, 6.07) is 4.76. The molecule has 1 heterocycles. The second-order valence-corrected chi connectivity index (χ2v) is 5.82. The summed E-state index contributed by atoms with van der Waals surface area (Å²) in [7, 11) is -2.19. The maximum absolute atomic E-state index is 12.1. The van der Waals surface area contributed by atoms with Crippen LogP contribution < -0.4 is 5.32 Å². The summed E-state index contributed by atoms with van der Waals surface area (Å²) in [5.74, 6) is -0.588. The minimum atomic E-state index is -3.43. The Kier molecular flexibility index (Phi) is 3.06. The molecule has 0 saturated carbocycles. The molecule has 0 aromatic heterocycles. The van der Waals surface area contributed by atoms with Gasteiger partial charge in [0.15, 0.2) is 9.84 Å². The zero-order valence-corrected chi connectivity index (χ0v) is 10.2. The van der Waals surface area contributed by atoms with Crippen LogP contribution in [0.15, 0.2) is 23.1 Å². The van der Waals surface area contributed by atoms with Crippen molar-refractivity contribution in [3.05, 3.63) is 23.8 Å². The van der Waals surface area contributed by atoms with E-state index in [1.807, 2.05) is 0 Å². The van der Waals surface area contributed by atoms with Crippen molar-refractivity contribution in [3.63, 3.8) is 0 Å². The molecule has 0 atom stereocenters. The predicted molar refractivity (Wildman–Crippen MR) is 62.9 cm³/mol. The molecule has 0 unspecified atom stereocenters. The summed E-state index contributed by atoms with van der Waals surface area (Å²) in [4.78, 5) is 11.6. The molecule has 0 aliphatic carbocycles. The molecule has 0 amide bonds. The lowest BCUT2D eigenvalue weighted by Crippen LogP contribution is -2.13. The van der Waals surface area contributed by atoms with E-state index in [0.29, 0.717) is 18.7 Å². The van der Waals surface area contributed by atoms with Gasteiger partial charge in [-0.05, 0) is 18.6 Å². The average molecular weight is 255 g/mol. The molecule has 0 bridgehead atoms. The van der Waals surface area contributed by atoms with E-state index in [1.54, 1.807) is 12.1 Å². The molecular weight excluding hydrogens is 242 g/mol. The van der Waals surface area contributed by atoms with Gasteiger partial charge in [-0.25, -0.2) is 13.2 Å². The highest BCUT2D eigenvalue weighted by Gasteiger charge is 2.28. The Hall–Kier alpha value is -1.56. The number of ether oxygens (including phenoxy) is 1. The smallest absolute Gasteiger partial charge is 0.339 e. The van der Waals surface area contributed by atoms with Crippen molar-refractivity contribution < 1.29 is 17.9 Å². The summed E-state index contributed by atoms with van der Waals surface area (Å²) in [5, 5.41) is 3.01. The highest BCUT2D eigenvalue weighted by molar-refractivity contribution is 7.91. The minimum Gasteiger partial charge on any atom is -0.465 e. The summed E-state index contributed by atoms with van der Waals surface area (Å²) >= 11 is 0. The molecule has 6 heteroatoms. The van der Waals surface area contributed by atoms with Crippen molar-refractivity contribution in [1.82, 2.24) is 0 Å². The number of methoxy groups -OCH3 is 1. The number of hydrogen-bond donors (Lipinski definition) is 1. The molecule has 0 radical (unpaired) electrons. The monoisotopic (exact) mass is 255 g/mol. The van der Waals surface area contributed by atoms with Crippen molar-refractivity contribution in [2.24, 2.45) is 0 Å². The van der Waals surface area contributed by atoms with Crippen molar-refractivity contribution in [1.29, 1.82) is 0 Å². The Bertz CT molecular complexity index is 551. The second-order valence-electron chi connectivity index (χ2n) is 3.77. The highest BCUT2D eigenvalue weighted by atomic mass is 32.2. The maximum atomic E-state index is 12.1. The van der Waals surface area contributed by atoms with Gasteiger partial charge in [-0.3, -0.25) is 0 Å². The number of rotatable bonds is 1. The fourth-order valence-corrected chi connectivity index (χ4v) is 3.56. The number of carbonyl (C=O) groups excluding carboxylic acids is 1. The number of hydrogen-bond acceptors (Lipinski definition) is 5. The van der Waals surface area contributed by atoms with E-state index >= 15 is 0 Å². The van der Waals surface area contributed by atoms with Crippen molar-refractivity contribution in [2.75, 3.05) is 24.7 Å². The Morgan fingerprint density at radius 3 is 2.88 bits per heavy atom. The van der Waals surface area contributed by atoms with Crippen LogP contribution in [-0.4, -0.2) is 33.8 Å². The van der Waals surface area contributed by atoms with Crippen LogP contribution in [0.25, 0.3) is 0 Å². The Balaban J connectivity index is 2.69. The van der Waals surface area contributed by atoms with E-state index in [9.17, 15) is 13.2 Å². The van der Waals surface area contributed by atoms with Crippen LogP contribution in [0.5, 0.6) is 0 Å². The molecule has 92 valence electrons. The SMILES string of the molecule is COC(=O)c1cccc2c1S(=O)(=O)CCCN2. The third kappa shape index (κ3) is 2.12. The van der Waals surface area contributed by atoms with E-state index in [-0.39, 0.29) is 16.2 Å². The predicted octanol–water partition coefficient (Wildman–Crippen LogP) is 1.06. The lowest BCUT2D eigenvalue weighted by atomic mass is 10.2. The van der Waals surface area contributed by atoms with Crippen LogP contribution in [0.2, 0.25) is 0 Å². The van der Waals surface area contributed by atoms with E-state index in [2.05, 4.69) is 10.1 Å². The summed E-state index contributed by atoms with van der Waals surface area (Å²) in [6.07, 6.45) is 0.525. The lowest BCUT2D eigenvalue weighted by Gasteiger charge is -2.11. The van der Waals surface area contributed by atoms with Crippen LogP contribution in [0.4, 0.5) is 5.69 Å². The van der Waals surface area contributed by atoms with E-state index in [0.717, 1.165) is 0 Å². The van der Waals surface area contributed by atoms with Gasteiger partial charge in [0.05, 0.1) is 24.1 Å². The normalized spacial score (nSPS) is 17.5. The Labute approximate surface area is 99.7 Å². The fourth-order valence-electron chi connectivity index (χ4n) is 1.87. The number of sulfone groups is 1. The van der Waals surface area contributed by atoms with Crippen LogP contribution in [-0.2, 0) is 14.6 Å². The third-order valence-corrected chi connectivity index (χ3v) is 4.52. The molecule has 5 nitrogen and oxygen atoms in total. The standard InChI is InChI=1S/C11H13NO4S/c1-16-11(13)8-4-2-5-9-10(8)17(14,15)7-3-6-12-9/h2,4-5,12H,3,6-7H2,1H3. The van der Waals surface area contributed by atoms with E-state index in [4.69, 9.17) is 0 Å². The largest absolute Gasteiger partial charge is 0.465 e. The van der Waals surface area contributed by atoms with Crippen molar-refractivity contribution in [2.45, 2.75) is 11.3 Å². The van der Waals surface area contributed by atoms with Crippen LogP contribution in [0, 0.1) is 0 Å². The van der Waals surface area contributed by atoms with Crippen molar-refractivity contribution >= 4 is 21.5 Å². The summed E-state index contributed by atoms with van der Waals surface area (Å²) in [5.41, 5.74) is 0.574. The molecule has 17 heavy (non-hydrogen) atoms. The zero-order valence-electron chi connectivity index (χ0n) is 9.39. The molecule has 1 aliphatic rings. The minimum absolute atomic E-state index is 0.0427. The number of carbonyl (C=O) groups is 1. The summed E-state index contributed by atoms with van der Waals surface area (Å²) in [6.45, 7) is 0.580. The number of anilines is 1. The molecule has 1 aliphatic heterocycles. The van der Waals surface area contributed by atoms with Crippen molar-refractivity contribution in [3.8, 4) is 0 Å². The average Bonchev–Trinajstić information content (AvgIpc) is 2.47. The quantitative estimate of drug-likeness (QED) is 0.760. The molecule has 1 aromatic carbocycles. The first-order chi connectivity index (χ1) is 8.06. The Morgan fingerprint density at radius 2 is 2.18 bits per heavy atom. The first-order valence-corrected chi connectivity index (χ1v) is 6.89. The van der Waals surface area contributed by atoms with Crippen LogP contribution >= 0.6 is 0 Å². The zero-order chi connectivity index (χ0) is 12.5. The Morgan fingerprint density at radius 1 is 1.41 bits per heavy atom. The van der Waals surface area contributed by atoms with Gasteiger partial charge in [-0.15, -0.1) is 0 Å². The number of benzene rings is 1. The fraction of sp³-hybridized carbons (Fsp3) is 0.364. The molecule has 2 rings (SSSR count). The third-order valence-electron chi connectivity index (χ3n) is 2.64. The highest BCUT2D eigenvalue weighted by Crippen LogP contribution is 2.29. The van der Waals surface area contributed by atoms with Gasteiger partial charge < -0.3 is 10.1 Å². The molecule has 0 spiro atoms. The summed E-state index contributed by atoms with van der Waals surface area (Å²) < 4.78 is 28.8. The molecule has 0 fully saturated rings. The maximum Gasteiger partial charge on any atom is 0.339 e. The number of fused-ring (bicyclic) bond motifs is 1. The number of nitrogens with one attached hydrogen (secondary N) is 1. The van der Waals surface area contributed by atoms with Crippen LogP contribution in [0.1, 0.15) is 16.8 Å². The van der Waals surface area contributed by atoms with E-state index < -0.39 is 15.8 Å². The molecule has 1 N–H and O–H groups in total. The molecule has 1 aromatic rings. The van der Waals surface area contributed by atoms with Gasteiger partial charge >= 0.3 is 5.97 Å². The van der Waals surface area contributed by atoms with Gasteiger partial charge in [0.25, 0.3) is 0 Å². The lowest BCUT2D eigenvalue weighted by molar-refractivity contribution is 0.0596. The van der Waals surface area contributed by atoms with Gasteiger partial charge in [0.2, 0.25) is 0 Å².